The lowest BCUT2D eigenvalue weighted by molar-refractivity contribution is -0.228. The number of Topliss-reactive ketones (excluding diaryl/α,β-unsaturated/α-hetero) is 1. The van der Waals surface area contributed by atoms with Gasteiger partial charge in [0.2, 0.25) is 5.62 Å². The van der Waals surface area contributed by atoms with Crippen molar-refractivity contribution in [3.8, 4) is 17.0 Å². The van der Waals surface area contributed by atoms with Gasteiger partial charge >= 0.3 is 16.4 Å². The molecule has 1 aliphatic heterocycles. The molecular weight excluding hydrogens is 660 g/mol. The molecule has 0 unspecified atom stereocenters. The highest BCUT2D eigenvalue weighted by Gasteiger charge is 2.57. The van der Waals surface area contributed by atoms with Crippen LogP contribution < -0.4 is 21.8 Å². The second kappa shape index (κ2) is 14.0. The number of carboxylic acid groups (broad SMARTS) is 1. The number of carbonyl (C=O) groups is 3. The minimum Gasteiger partial charge on any atom is -0.489 e. The molecule has 2 aromatic heterocycles. The van der Waals surface area contributed by atoms with Gasteiger partial charge in [0.25, 0.3) is 12.0 Å². The summed E-state index contributed by atoms with van der Waals surface area (Å²) in [5, 5.41) is 23.7. The molecule has 20 heteroatoms. The lowest BCUT2D eigenvalue weighted by Crippen LogP contribution is -2.68. The van der Waals surface area contributed by atoms with Crippen molar-refractivity contribution in [1.82, 2.24) is 19.2 Å². The number of hydroxylamine groups is 2. The summed E-state index contributed by atoms with van der Waals surface area (Å²) in [6, 6.07) is 6.75. The minimum absolute atomic E-state index is 0.0328. The topological polar surface area (TPSA) is 268 Å². The Morgan fingerprint density at radius 1 is 1.26 bits per heavy atom. The smallest absolute Gasteiger partial charge is 0.418 e. The van der Waals surface area contributed by atoms with Gasteiger partial charge in [-0.3, -0.25) is 19.6 Å². The number of oxime groups is 1. The molecule has 3 aromatic rings. The largest absolute Gasteiger partial charge is 0.489 e. The van der Waals surface area contributed by atoms with E-state index in [-0.39, 0.29) is 10.8 Å². The molecule has 0 bridgehead atoms. The van der Waals surface area contributed by atoms with Gasteiger partial charge in [-0.2, -0.15) is 13.5 Å². The number of nitrogens with one attached hydrogen (secondary N) is 1. The van der Waals surface area contributed by atoms with Gasteiger partial charge in [-0.15, -0.1) is 15.6 Å². The fourth-order valence-electron chi connectivity index (χ4n) is 4.75. The predicted octanol–water partition coefficient (Wildman–Crippen LogP) is 0.544. The molecule has 0 radical (unpaired) electrons. The SMILES string of the molecule is Cn1c(-c2ccc(OC[C@H](O/N=C(\C(=O)C[C@@H]3C(=O)N(OS(=O)(=O)O)C3(C)C)c3csc(N)n3)C(=O)O)cc2)cn(CCCN)c1=N. The summed E-state index contributed by atoms with van der Waals surface area (Å²) in [6.45, 7) is 3.44. The molecule has 47 heavy (non-hydrogen) atoms. The number of aliphatic carboxylic acids is 1. The van der Waals surface area contributed by atoms with Crippen molar-refractivity contribution in [3.05, 3.63) is 47.2 Å². The Labute approximate surface area is 272 Å². The second-order valence-electron chi connectivity index (χ2n) is 11.0. The van der Waals surface area contributed by atoms with E-state index in [1.165, 1.54) is 19.2 Å². The van der Waals surface area contributed by atoms with Gasteiger partial charge in [-0.1, -0.05) is 5.16 Å². The molecule has 1 aliphatic rings. The fourth-order valence-corrected chi connectivity index (χ4v) is 5.75. The van der Waals surface area contributed by atoms with Crippen LogP contribution in [-0.4, -0.2) is 85.4 Å². The number of rotatable bonds is 16. The molecule has 0 saturated carbocycles. The van der Waals surface area contributed by atoms with Crippen molar-refractivity contribution in [2.24, 2.45) is 23.9 Å². The second-order valence-corrected chi connectivity index (χ2v) is 12.9. The highest BCUT2D eigenvalue weighted by Crippen LogP contribution is 2.40. The van der Waals surface area contributed by atoms with E-state index in [1.807, 2.05) is 6.20 Å². The van der Waals surface area contributed by atoms with Crippen LogP contribution in [-0.2, 0) is 47.5 Å². The first-order valence-corrected chi connectivity index (χ1v) is 16.2. The number of hydrogen-bond donors (Lipinski definition) is 5. The zero-order valence-electron chi connectivity index (χ0n) is 25.5. The van der Waals surface area contributed by atoms with Crippen LogP contribution in [0.3, 0.4) is 0 Å². The summed E-state index contributed by atoms with van der Waals surface area (Å²) in [5.74, 6) is -3.89. The Balaban J connectivity index is 1.46. The third kappa shape index (κ3) is 8.03. The number of nitrogens with two attached hydrogens (primary N) is 2. The molecule has 1 amide bonds. The van der Waals surface area contributed by atoms with Crippen molar-refractivity contribution < 1.29 is 46.3 Å². The van der Waals surface area contributed by atoms with Crippen LogP contribution in [0.4, 0.5) is 5.13 Å². The first-order chi connectivity index (χ1) is 22.0. The van der Waals surface area contributed by atoms with E-state index in [9.17, 15) is 27.9 Å². The fraction of sp³-hybridized carbons (Fsp3) is 0.407. The van der Waals surface area contributed by atoms with Crippen LogP contribution in [0.25, 0.3) is 11.3 Å². The van der Waals surface area contributed by atoms with Crippen molar-refractivity contribution in [2.75, 3.05) is 18.9 Å². The zero-order valence-corrected chi connectivity index (χ0v) is 27.2. The summed E-state index contributed by atoms with van der Waals surface area (Å²) < 4.78 is 44.6. The van der Waals surface area contributed by atoms with E-state index in [2.05, 4.69) is 14.4 Å². The number of hydrogen-bond acceptors (Lipinski definition) is 14. The van der Waals surface area contributed by atoms with Crippen molar-refractivity contribution in [1.29, 1.82) is 5.41 Å². The monoisotopic (exact) mass is 694 g/mol. The van der Waals surface area contributed by atoms with Gasteiger partial charge in [-0.05, 0) is 56.6 Å². The number of amides is 1. The van der Waals surface area contributed by atoms with Gasteiger partial charge < -0.3 is 35.3 Å². The normalized spacial score (nSPS) is 16.9. The van der Waals surface area contributed by atoms with E-state index in [0.717, 1.165) is 29.0 Å². The maximum absolute atomic E-state index is 13.3. The number of benzene rings is 1. The highest BCUT2D eigenvalue weighted by atomic mass is 32.3. The Morgan fingerprint density at radius 2 is 1.94 bits per heavy atom. The molecule has 1 saturated heterocycles. The molecule has 7 N–H and O–H groups in total. The number of thiazole rings is 1. The summed E-state index contributed by atoms with van der Waals surface area (Å²) in [6.07, 6.45) is 0.394. The Bertz CT molecular complexity index is 1850. The average molecular weight is 695 g/mol. The van der Waals surface area contributed by atoms with Crippen LogP contribution >= 0.6 is 11.3 Å². The Morgan fingerprint density at radius 3 is 2.49 bits per heavy atom. The summed E-state index contributed by atoms with van der Waals surface area (Å²) in [5.41, 5.74) is 11.4. The number of β-lactam (4-membered cyclic amide) rings is 1. The number of ether oxygens (including phenoxy) is 1. The van der Waals surface area contributed by atoms with Gasteiger partial charge in [0.05, 0.1) is 17.2 Å². The number of carbonyl (C=O) groups excluding carboxylic acids is 2. The van der Waals surface area contributed by atoms with E-state index >= 15 is 0 Å². The van der Waals surface area contributed by atoms with Gasteiger partial charge in [-0.25, -0.2) is 9.78 Å². The van der Waals surface area contributed by atoms with E-state index < -0.39 is 64.4 Å². The molecule has 18 nitrogen and oxygen atoms in total. The third-order valence-corrected chi connectivity index (χ3v) is 8.40. The minimum atomic E-state index is -4.99. The maximum Gasteiger partial charge on any atom is 0.418 e. The van der Waals surface area contributed by atoms with Crippen molar-refractivity contribution in [3.63, 3.8) is 0 Å². The quantitative estimate of drug-likeness (QED) is 0.0594. The van der Waals surface area contributed by atoms with Crippen LogP contribution in [0, 0.1) is 11.3 Å². The van der Waals surface area contributed by atoms with Crippen LogP contribution in [0.2, 0.25) is 0 Å². The lowest BCUT2D eigenvalue weighted by atomic mass is 9.74. The molecular formula is C27H34N8O10S2. The maximum atomic E-state index is 13.3. The predicted molar refractivity (Wildman–Crippen MR) is 166 cm³/mol. The molecule has 4 rings (SSSR count). The number of carboxylic acids is 1. The van der Waals surface area contributed by atoms with E-state index in [0.29, 0.717) is 29.5 Å². The van der Waals surface area contributed by atoms with Crippen molar-refractivity contribution in [2.45, 2.75) is 44.9 Å². The van der Waals surface area contributed by atoms with Crippen LogP contribution in [0.1, 0.15) is 32.4 Å². The summed E-state index contributed by atoms with van der Waals surface area (Å²) >= 11 is 0.979. The van der Waals surface area contributed by atoms with Crippen molar-refractivity contribution >= 4 is 50.2 Å². The molecule has 0 spiro atoms. The number of aromatic nitrogens is 3. The van der Waals surface area contributed by atoms with Gasteiger partial charge in [0.1, 0.15) is 18.1 Å². The molecule has 1 aromatic carbocycles. The Hall–Kier alpha value is -4.63. The number of imidazole rings is 1. The summed E-state index contributed by atoms with van der Waals surface area (Å²) in [4.78, 5) is 47.1. The first kappa shape index (κ1) is 35.2. The number of nitrogens with zero attached hydrogens (tertiary/aromatic N) is 5. The standard InChI is InChI=1S/C27H34N8O10S2/c1-27(2)17(23(37)35(27)45-47(40,41)42)11-20(36)22(18-14-46-25(29)31-18)32-44-21(24(38)39)13-43-16-7-5-15(6-8-16)19-12-34(10-4-9-28)26(30)33(19)3/h5-8,12,14,17,21,30H,4,9-11,13,28H2,1-3H3,(H2,29,31)(H,38,39)(H,40,41,42)/b30-26?,32-22-/t17-,21+/m1/s1. The number of ketones is 1. The molecule has 1 fully saturated rings. The number of anilines is 1. The average Bonchev–Trinajstić information content (AvgIpc) is 3.56. The molecule has 0 aliphatic carbocycles. The Kier molecular flexibility index (Phi) is 10.5. The summed E-state index contributed by atoms with van der Waals surface area (Å²) in [7, 11) is -3.22. The van der Waals surface area contributed by atoms with Gasteiger partial charge in [0.15, 0.2) is 16.6 Å². The molecule has 2 atom stereocenters. The first-order valence-electron chi connectivity index (χ1n) is 14.0. The van der Waals surface area contributed by atoms with E-state index in [4.69, 9.17) is 31.0 Å². The van der Waals surface area contributed by atoms with Crippen LogP contribution in [0.15, 0.2) is 41.0 Å². The van der Waals surface area contributed by atoms with E-state index in [1.54, 1.807) is 40.4 Å². The number of aryl methyl sites for hydroxylation is 1. The molecule has 254 valence electrons. The third-order valence-electron chi connectivity index (χ3n) is 7.39. The van der Waals surface area contributed by atoms with Gasteiger partial charge in [0, 0.05) is 31.6 Å². The highest BCUT2D eigenvalue weighted by molar-refractivity contribution is 7.80. The van der Waals surface area contributed by atoms with Crippen LogP contribution in [0.5, 0.6) is 5.75 Å². The lowest BCUT2D eigenvalue weighted by Gasteiger charge is -2.50. The number of nitrogen functional groups attached to an aromatic ring is 1. The molecule has 3 heterocycles. The zero-order chi connectivity index (χ0) is 34.7.